The average Bonchev–Trinajstić information content (AvgIpc) is 2.48. The second-order valence-corrected chi connectivity index (χ2v) is 3.59. The minimum atomic E-state index is -1.26. The third-order valence-corrected chi connectivity index (χ3v) is 2.10. The zero-order valence-electron chi connectivity index (χ0n) is 10.5. The molecule has 0 atom stereocenters. The number of aromatic nitrogens is 1. The van der Waals surface area contributed by atoms with Crippen LogP contribution < -0.4 is 0 Å². The van der Waals surface area contributed by atoms with Crippen molar-refractivity contribution in [2.24, 2.45) is 0 Å². The summed E-state index contributed by atoms with van der Waals surface area (Å²) in [6.45, 7) is 0. The van der Waals surface area contributed by atoms with Crippen molar-refractivity contribution in [2.45, 2.75) is 0 Å². The fourth-order valence-corrected chi connectivity index (χ4v) is 1.29. The van der Waals surface area contributed by atoms with Crippen molar-refractivity contribution in [3.63, 3.8) is 0 Å². The molecule has 0 aliphatic heterocycles. The van der Waals surface area contributed by atoms with Crippen LogP contribution in [0.2, 0.25) is 0 Å². The molecule has 0 spiro atoms. The van der Waals surface area contributed by atoms with Crippen LogP contribution in [-0.2, 0) is 9.59 Å². The van der Waals surface area contributed by atoms with Crippen molar-refractivity contribution < 1.29 is 19.8 Å². The standard InChI is InChI=1S/C11H9N.C4H4O4/c1-2-6-10(7-3-1)11-8-4-5-9-12-11;5-3(6)1-2-4(7)8/h1-9H;1-2H,(H,5,6)(H,7,8)/b;2-1-. The van der Waals surface area contributed by atoms with Gasteiger partial charge in [-0.1, -0.05) is 36.4 Å². The van der Waals surface area contributed by atoms with Gasteiger partial charge in [0.1, 0.15) is 0 Å². The van der Waals surface area contributed by atoms with E-state index in [1.165, 1.54) is 0 Å². The molecule has 0 unspecified atom stereocenters. The lowest BCUT2D eigenvalue weighted by molar-refractivity contribution is -0.134. The average molecular weight is 271 g/mol. The quantitative estimate of drug-likeness (QED) is 0.837. The van der Waals surface area contributed by atoms with Crippen LogP contribution in [0.15, 0.2) is 66.9 Å². The molecule has 0 aliphatic rings. The highest BCUT2D eigenvalue weighted by Crippen LogP contribution is 2.14. The summed E-state index contributed by atoms with van der Waals surface area (Å²) >= 11 is 0. The highest BCUT2D eigenvalue weighted by Gasteiger charge is 1.93. The molecule has 2 aromatic rings. The summed E-state index contributed by atoms with van der Waals surface area (Å²) in [5.41, 5.74) is 2.19. The Balaban J connectivity index is 0.000000221. The molecule has 102 valence electrons. The number of nitrogens with zero attached hydrogens (tertiary/aromatic N) is 1. The van der Waals surface area contributed by atoms with E-state index < -0.39 is 11.9 Å². The minimum absolute atomic E-state index is 0.558. The SMILES string of the molecule is O=C(O)/C=C\C(=O)O.c1ccc(-c2ccccn2)cc1. The van der Waals surface area contributed by atoms with Crippen LogP contribution >= 0.6 is 0 Å². The first-order chi connectivity index (χ1) is 9.59. The Kier molecular flexibility index (Phi) is 6.20. The Bertz CT molecular complexity index is 526. The van der Waals surface area contributed by atoms with E-state index in [1.807, 2.05) is 42.6 Å². The molecule has 5 heteroatoms. The lowest BCUT2D eigenvalue weighted by Crippen LogP contribution is -1.91. The largest absolute Gasteiger partial charge is 0.478 e. The number of benzene rings is 1. The summed E-state index contributed by atoms with van der Waals surface area (Å²) in [5, 5.41) is 15.6. The predicted molar refractivity (Wildman–Crippen MR) is 74.1 cm³/mol. The maximum absolute atomic E-state index is 9.55. The maximum Gasteiger partial charge on any atom is 0.328 e. The summed E-state index contributed by atoms with van der Waals surface area (Å²) in [5.74, 6) is -2.51. The van der Waals surface area contributed by atoms with Crippen LogP contribution in [0.5, 0.6) is 0 Å². The molecule has 0 saturated carbocycles. The van der Waals surface area contributed by atoms with Gasteiger partial charge in [0.15, 0.2) is 0 Å². The Morgan fingerprint density at radius 1 is 0.850 bits per heavy atom. The number of aliphatic carboxylic acids is 2. The van der Waals surface area contributed by atoms with E-state index in [0.717, 1.165) is 11.3 Å². The monoisotopic (exact) mass is 271 g/mol. The first-order valence-corrected chi connectivity index (χ1v) is 5.70. The molecule has 0 radical (unpaired) electrons. The molecule has 1 heterocycles. The Morgan fingerprint density at radius 2 is 1.40 bits per heavy atom. The number of hydrogen-bond acceptors (Lipinski definition) is 3. The molecule has 2 N–H and O–H groups in total. The second-order valence-electron chi connectivity index (χ2n) is 3.59. The van der Waals surface area contributed by atoms with Crippen molar-refractivity contribution in [2.75, 3.05) is 0 Å². The normalized spacial score (nSPS) is 9.60. The van der Waals surface area contributed by atoms with Crippen molar-refractivity contribution >= 4 is 11.9 Å². The van der Waals surface area contributed by atoms with E-state index in [1.54, 1.807) is 0 Å². The molecular weight excluding hydrogens is 258 g/mol. The molecule has 0 saturated heterocycles. The van der Waals surface area contributed by atoms with E-state index in [0.29, 0.717) is 12.2 Å². The Hall–Kier alpha value is -2.95. The van der Waals surface area contributed by atoms with Crippen LogP contribution in [0.25, 0.3) is 11.3 Å². The van der Waals surface area contributed by atoms with Gasteiger partial charge in [-0.05, 0) is 12.1 Å². The van der Waals surface area contributed by atoms with E-state index in [9.17, 15) is 9.59 Å². The van der Waals surface area contributed by atoms with Gasteiger partial charge in [-0.3, -0.25) is 4.98 Å². The van der Waals surface area contributed by atoms with Gasteiger partial charge in [0, 0.05) is 23.9 Å². The zero-order chi connectivity index (χ0) is 14.8. The van der Waals surface area contributed by atoms with Gasteiger partial charge in [-0.15, -0.1) is 0 Å². The van der Waals surface area contributed by atoms with Crippen molar-refractivity contribution in [1.29, 1.82) is 0 Å². The summed E-state index contributed by atoms with van der Waals surface area (Å²) < 4.78 is 0. The molecular formula is C15H13NO4. The van der Waals surface area contributed by atoms with E-state index in [-0.39, 0.29) is 0 Å². The van der Waals surface area contributed by atoms with Gasteiger partial charge in [-0.2, -0.15) is 0 Å². The third-order valence-electron chi connectivity index (χ3n) is 2.10. The van der Waals surface area contributed by atoms with Gasteiger partial charge in [0.25, 0.3) is 0 Å². The topological polar surface area (TPSA) is 87.5 Å². The Labute approximate surface area is 115 Å². The molecule has 0 fully saturated rings. The second kappa shape index (κ2) is 8.20. The van der Waals surface area contributed by atoms with Crippen molar-refractivity contribution in [1.82, 2.24) is 4.98 Å². The first kappa shape index (κ1) is 15.1. The number of hydrogen-bond donors (Lipinski definition) is 2. The summed E-state index contributed by atoms with van der Waals surface area (Å²) in [4.78, 5) is 23.4. The lowest BCUT2D eigenvalue weighted by Gasteiger charge is -1.97. The molecule has 1 aromatic heterocycles. The molecule has 1 aromatic carbocycles. The van der Waals surface area contributed by atoms with Gasteiger partial charge < -0.3 is 10.2 Å². The number of carboxylic acids is 2. The highest BCUT2D eigenvalue weighted by molar-refractivity contribution is 5.89. The van der Waals surface area contributed by atoms with Gasteiger partial charge in [0.05, 0.1) is 5.69 Å². The summed E-state index contributed by atoms with van der Waals surface area (Å²) in [6, 6.07) is 16.1. The van der Waals surface area contributed by atoms with E-state index in [2.05, 4.69) is 17.1 Å². The number of rotatable bonds is 3. The first-order valence-electron chi connectivity index (χ1n) is 5.70. The number of carboxylic acid groups (broad SMARTS) is 2. The van der Waals surface area contributed by atoms with Gasteiger partial charge >= 0.3 is 11.9 Å². The van der Waals surface area contributed by atoms with Crippen LogP contribution in [0.1, 0.15) is 0 Å². The van der Waals surface area contributed by atoms with Gasteiger partial charge in [0.2, 0.25) is 0 Å². The smallest absolute Gasteiger partial charge is 0.328 e. The molecule has 0 bridgehead atoms. The van der Waals surface area contributed by atoms with E-state index >= 15 is 0 Å². The molecule has 20 heavy (non-hydrogen) atoms. The molecule has 0 aliphatic carbocycles. The van der Waals surface area contributed by atoms with Crippen LogP contribution in [-0.4, -0.2) is 27.1 Å². The van der Waals surface area contributed by atoms with Gasteiger partial charge in [-0.25, -0.2) is 9.59 Å². The third kappa shape index (κ3) is 6.11. The summed E-state index contributed by atoms with van der Waals surface area (Å²) in [7, 11) is 0. The predicted octanol–water partition coefficient (Wildman–Crippen LogP) is 2.46. The molecule has 5 nitrogen and oxygen atoms in total. The van der Waals surface area contributed by atoms with Crippen LogP contribution in [0.4, 0.5) is 0 Å². The fourth-order valence-electron chi connectivity index (χ4n) is 1.29. The number of carbonyl (C=O) groups is 2. The lowest BCUT2D eigenvalue weighted by atomic mass is 10.1. The molecule has 2 rings (SSSR count). The van der Waals surface area contributed by atoms with Crippen molar-refractivity contribution in [3.05, 3.63) is 66.9 Å². The van der Waals surface area contributed by atoms with E-state index in [4.69, 9.17) is 10.2 Å². The minimum Gasteiger partial charge on any atom is -0.478 e. The highest BCUT2D eigenvalue weighted by atomic mass is 16.4. The number of pyridine rings is 1. The fraction of sp³-hybridized carbons (Fsp3) is 0. The van der Waals surface area contributed by atoms with Crippen molar-refractivity contribution in [3.8, 4) is 11.3 Å². The summed E-state index contributed by atoms with van der Waals surface area (Å²) in [6.07, 6.45) is 2.92. The maximum atomic E-state index is 9.55. The Morgan fingerprint density at radius 3 is 1.85 bits per heavy atom. The molecule has 0 amide bonds. The zero-order valence-corrected chi connectivity index (χ0v) is 10.5. The van der Waals surface area contributed by atoms with Crippen LogP contribution in [0, 0.1) is 0 Å². The van der Waals surface area contributed by atoms with Crippen LogP contribution in [0.3, 0.4) is 0 Å².